The topological polar surface area (TPSA) is 83.0 Å². The summed E-state index contributed by atoms with van der Waals surface area (Å²) < 4.78 is 5.45. The number of hydrogen-bond donors (Lipinski definition) is 2. The molecule has 7 nitrogen and oxygen atoms in total. The molecule has 0 atom stereocenters. The SMILES string of the molecule is C/C(CC(=O)Nc1ccc(N(C)C)cc1)=N/NC(=O)COc1ccccc1C. The van der Waals surface area contributed by atoms with Crippen molar-refractivity contribution in [2.24, 2.45) is 5.10 Å². The number of hydrazone groups is 1. The van der Waals surface area contributed by atoms with E-state index in [4.69, 9.17) is 4.74 Å². The van der Waals surface area contributed by atoms with Crippen LogP contribution in [0.2, 0.25) is 0 Å². The number of carbonyl (C=O) groups excluding carboxylic acids is 2. The highest BCUT2D eigenvalue weighted by Gasteiger charge is 2.07. The van der Waals surface area contributed by atoms with E-state index in [0.29, 0.717) is 17.1 Å². The van der Waals surface area contributed by atoms with E-state index >= 15 is 0 Å². The van der Waals surface area contributed by atoms with Gasteiger partial charge in [-0.1, -0.05) is 18.2 Å². The number of benzene rings is 2. The van der Waals surface area contributed by atoms with Crippen molar-refractivity contribution in [3.05, 3.63) is 54.1 Å². The number of nitrogens with one attached hydrogen (secondary N) is 2. The Hall–Kier alpha value is -3.35. The summed E-state index contributed by atoms with van der Waals surface area (Å²) in [5.74, 6) is 0.0598. The average Bonchev–Trinajstić information content (AvgIpc) is 2.66. The molecular formula is C21H26N4O3. The highest BCUT2D eigenvalue weighted by atomic mass is 16.5. The first kappa shape index (κ1) is 21.0. The summed E-state index contributed by atoms with van der Waals surface area (Å²) >= 11 is 0. The summed E-state index contributed by atoms with van der Waals surface area (Å²) in [6, 6.07) is 15.0. The van der Waals surface area contributed by atoms with Crippen LogP contribution in [0.25, 0.3) is 0 Å². The number of amides is 2. The maximum absolute atomic E-state index is 12.1. The van der Waals surface area contributed by atoms with Crippen LogP contribution in [-0.2, 0) is 9.59 Å². The van der Waals surface area contributed by atoms with Crippen LogP contribution in [0.15, 0.2) is 53.6 Å². The number of hydrogen-bond acceptors (Lipinski definition) is 5. The molecule has 0 spiro atoms. The maximum atomic E-state index is 12.1. The van der Waals surface area contributed by atoms with Gasteiger partial charge in [-0.25, -0.2) is 5.43 Å². The van der Waals surface area contributed by atoms with E-state index in [9.17, 15) is 9.59 Å². The van der Waals surface area contributed by atoms with E-state index in [1.807, 2.05) is 68.4 Å². The first-order chi connectivity index (χ1) is 13.3. The zero-order valence-electron chi connectivity index (χ0n) is 16.7. The van der Waals surface area contributed by atoms with Gasteiger partial charge in [0.15, 0.2) is 6.61 Å². The van der Waals surface area contributed by atoms with Crippen molar-refractivity contribution in [3.63, 3.8) is 0 Å². The number of carbonyl (C=O) groups is 2. The lowest BCUT2D eigenvalue weighted by atomic mass is 10.2. The van der Waals surface area contributed by atoms with Crippen molar-refractivity contribution in [1.82, 2.24) is 5.43 Å². The van der Waals surface area contributed by atoms with Crippen LogP contribution in [0, 0.1) is 6.92 Å². The van der Waals surface area contributed by atoms with Crippen molar-refractivity contribution in [1.29, 1.82) is 0 Å². The summed E-state index contributed by atoms with van der Waals surface area (Å²) in [7, 11) is 3.90. The average molecular weight is 382 g/mol. The molecule has 2 rings (SSSR count). The minimum atomic E-state index is -0.387. The van der Waals surface area contributed by atoms with Gasteiger partial charge in [-0.05, 0) is 49.7 Å². The van der Waals surface area contributed by atoms with Gasteiger partial charge in [0.2, 0.25) is 5.91 Å². The predicted molar refractivity (Wildman–Crippen MR) is 112 cm³/mol. The number of anilines is 2. The Morgan fingerprint density at radius 1 is 1.04 bits per heavy atom. The van der Waals surface area contributed by atoms with Gasteiger partial charge in [0.1, 0.15) is 5.75 Å². The first-order valence-electron chi connectivity index (χ1n) is 8.93. The molecule has 28 heavy (non-hydrogen) atoms. The summed E-state index contributed by atoms with van der Waals surface area (Å²) in [5, 5.41) is 6.75. The van der Waals surface area contributed by atoms with Crippen LogP contribution < -0.4 is 20.4 Å². The van der Waals surface area contributed by atoms with Crippen LogP contribution >= 0.6 is 0 Å². The molecule has 0 aromatic heterocycles. The van der Waals surface area contributed by atoms with Gasteiger partial charge in [-0.15, -0.1) is 0 Å². The molecule has 0 fully saturated rings. The first-order valence-corrected chi connectivity index (χ1v) is 8.93. The normalized spacial score (nSPS) is 10.9. The number of para-hydroxylation sites is 1. The minimum Gasteiger partial charge on any atom is -0.483 e. The molecule has 0 saturated heterocycles. The third-order valence-electron chi connectivity index (χ3n) is 3.91. The molecule has 0 aliphatic heterocycles. The molecule has 0 bridgehead atoms. The standard InChI is InChI=1S/C21H26N4O3/c1-15-7-5-6-8-19(15)28-14-21(27)24-23-16(2)13-20(26)22-17-9-11-18(12-10-17)25(3)4/h5-12H,13-14H2,1-4H3,(H,22,26)(H,24,27)/b23-16-. The van der Waals surface area contributed by atoms with Gasteiger partial charge >= 0.3 is 0 Å². The molecule has 0 aliphatic rings. The number of nitrogens with zero attached hydrogens (tertiary/aromatic N) is 2. The Balaban J connectivity index is 1.77. The van der Waals surface area contributed by atoms with Crippen molar-refractivity contribution in [2.75, 3.05) is 30.9 Å². The van der Waals surface area contributed by atoms with Crippen molar-refractivity contribution >= 4 is 28.9 Å². The van der Waals surface area contributed by atoms with Gasteiger partial charge in [0, 0.05) is 31.2 Å². The monoisotopic (exact) mass is 382 g/mol. The second-order valence-electron chi connectivity index (χ2n) is 6.60. The van der Waals surface area contributed by atoms with E-state index in [0.717, 1.165) is 11.3 Å². The smallest absolute Gasteiger partial charge is 0.277 e. The van der Waals surface area contributed by atoms with Crippen molar-refractivity contribution in [2.45, 2.75) is 20.3 Å². The maximum Gasteiger partial charge on any atom is 0.277 e. The lowest BCUT2D eigenvalue weighted by molar-refractivity contribution is -0.123. The Kier molecular flexibility index (Phi) is 7.56. The predicted octanol–water partition coefficient (Wildman–Crippen LogP) is 2.96. The molecule has 2 aromatic carbocycles. The largest absolute Gasteiger partial charge is 0.483 e. The van der Waals surface area contributed by atoms with Crippen LogP contribution in [0.3, 0.4) is 0 Å². The Morgan fingerprint density at radius 2 is 1.71 bits per heavy atom. The Labute approximate surface area is 165 Å². The van der Waals surface area contributed by atoms with Crippen LogP contribution in [0.5, 0.6) is 5.75 Å². The molecule has 0 heterocycles. The van der Waals surface area contributed by atoms with Crippen LogP contribution in [0.1, 0.15) is 18.9 Å². The van der Waals surface area contributed by atoms with Crippen LogP contribution in [-0.4, -0.2) is 38.2 Å². The quantitative estimate of drug-likeness (QED) is 0.543. The molecule has 0 aliphatic carbocycles. The fourth-order valence-corrected chi connectivity index (χ4v) is 2.37. The molecular weight excluding hydrogens is 356 g/mol. The summed E-state index contributed by atoms with van der Waals surface area (Å²) in [6.45, 7) is 3.44. The van der Waals surface area contributed by atoms with Crippen molar-refractivity contribution < 1.29 is 14.3 Å². The van der Waals surface area contributed by atoms with E-state index in [1.165, 1.54) is 0 Å². The van der Waals surface area contributed by atoms with Gasteiger partial charge < -0.3 is 15.0 Å². The van der Waals surface area contributed by atoms with Crippen LogP contribution in [0.4, 0.5) is 11.4 Å². The minimum absolute atomic E-state index is 0.0777. The highest BCUT2D eigenvalue weighted by Crippen LogP contribution is 2.16. The highest BCUT2D eigenvalue weighted by molar-refractivity contribution is 6.05. The van der Waals surface area contributed by atoms with E-state index in [1.54, 1.807) is 13.0 Å². The third kappa shape index (κ3) is 6.75. The molecule has 7 heteroatoms. The van der Waals surface area contributed by atoms with E-state index in [-0.39, 0.29) is 24.8 Å². The molecule has 0 radical (unpaired) electrons. The second-order valence-corrected chi connectivity index (χ2v) is 6.60. The van der Waals surface area contributed by atoms with Gasteiger partial charge in [-0.2, -0.15) is 5.10 Å². The molecule has 2 amide bonds. The van der Waals surface area contributed by atoms with Gasteiger partial charge in [0.05, 0.1) is 6.42 Å². The molecule has 2 aromatic rings. The van der Waals surface area contributed by atoms with Gasteiger partial charge in [0.25, 0.3) is 5.91 Å². The zero-order chi connectivity index (χ0) is 20.5. The molecule has 148 valence electrons. The number of rotatable bonds is 8. The summed E-state index contributed by atoms with van der Waals surface area (Å²) in [5.41, 5.74) is 5.60. The summed E-state index contributed by atoms with van der Waals surface area (Å²) in [6.07, 6.45) is 0.0777. The zero-order valence-corrected chi connectivity index (χ0v) is 16.7. The fourth-order valence-electron chi connectivity index (χ4n) is 2.37. The van der Waals surface area contributed by atoms with E-state index < -0.39 is 0 Å². The lowest BCUT2D eigenvalue weighted by Crippen LogP contribution is -2.26. The van der Waals surface area contributed by atoms with E-state index in [2.05, 4.69) is 15.8 Å². The third-order valence-corrected chi connectivity index (χ3v) is 3.91. The van der Waals surface area contributed by atoms with Crippen molar-refractivity contribution in [3.8, 4) is 5.75 Å². The Morgan fingerprint density at radius 3 is 2.36 bits per heavy atom. The molecule has 2 N–H and O–H groups in total. The van der Waals surface area contributed by atoms with Gasteiger partial charge in [-0.3, -0.25) is 9.59 Å². The molecule has 0 saturated carbocycles. The fraction of sp³-hybridized carbons (Fsp3) is 0.286. The lowest BCUT2D eigenvalue weighted by Gasteiger charge is -2.13. The summed E-state index contributed by atoms with van der Waals surface area (Å²) in [4.78, 5) is 25.9. The number of aryl methyl sites for hydroxylation is 1. The Bertz CT molecular complexity index is 845. The number of ether oxygens (including phenoxy) is 1. The second kappa shape index (κ2) is 10.1. The molecule has 0 unspecified atom stereocenters.